The maximum atomic E-state index is 13.6. The smallest absolute Gasteiger partial charge is 0.364 e. The molecule has 0 fully saturated rings. The maximum Gasteiger partial charge on any atom is 0.364 e. The van der Waals surface area contributed by atoms with Crippen LogP contribution in [-0.2, 0) is 17.9 Å². The lowest BCUT2D eigenvalue weighted by molar-refractivity contribution is -0.189. The van der Waals surface area contributed by atoms with Gasteiger partial charge in [-0.05, 0) is 23.3 Å². The Labute approximate surface area is 181 Å². The highest BCUT2D eigenvalue weighted by molar-refractivity contribution is 5.78. The summed E-state index contributed by atoms with van der Waals surface area (Å²) in [6.45, 7) is 4.25. The number of halogens is 1. The number of aliphatic carboxylic acids is 1. The Morgan fingerprint density at radius 3 is 1.94 bits per heavy atom. The Bertz CT molecular complexity index is 970. The third kappa shape index (κ3) is 5.03. The van der Waals surface area contributed by atoms with Gasteiger partial charge in [0.2, 0.25) is 0 Å². The molecule has 6 heteroatoms. The number of hydrogen-bond donors (Lipinski definition) is 2. The van der Waals surface area contributed by atoms with Gasteiger partial charge in [0.15, 0.2) is 0 Å². The second kappa shape index (κ2) is 9.62. The third-order valence-electron chi connectivity index (χ3n) is 5.23. The minimum atomic E-state index is -1.74. The molecular weight excluding hydrogens is 395 g/mol. The average Bonchev–Trinajstić information content (AvgIpc) is 2.74. The lowest BCUT2D eigenvalue weighted by Gasteiger charge is -2.43. The molecule has 3 aromatic carbocycles. The molecule has 3 aromatic rings. The number of anilines is 1. The van der Waals surface area contributed by atoms with Gasteiger partial charge in [0.1, 0.15) is 11.6 Å². The van der Waals surface area contributed by atoms with Crippen LogP contribution in [0.2, 0.25) is 0 Å². The zero-order chi connectivity index (χ0) is 22.4. The van der Waals surface area contributed by atoms with Crippen molar-refractivity contribution >= 4 is 11.7 Å². The molecule has 5 nitrogen and oxygen atoms in total. The first-order valence-corrected chi connectivity index (χ1v) is 10.1. The summed E-state index contributed by atoms with van der Waals surface area (Å²) in [5.74, 6) is -1.98. The van der Waals surface area contributed by atoms with Crippen molar-refractivity contribution in [1.29, 1.82) is 0 Å². The molecule has 0 amide bonds. The molecule has 0 spiro atoms. The van der Waals surface area contributed by atoms with Crippen LogP contribution in [0.15, 0.2) is 78.9 Å². The van der Waals surface area contributed by atoms with Crippen molar-refractivity contribution in [2.75, 3.05) is 5.73 Å². The van der Waals surface area contributed by atoms with Gasteiger partial charge in [0.25, 0.3) is 5.72 Å². The lowest BCUT2D eigenvalue weighted by atomic mass is 9.95. The summed E-state index contributed by atoms with van der Waals surface area (Å²) < 4.78 is 19.7. The molecule has 0 aliphatic carbocycles. The number of nitrogen functional groups attached to an aromatic ring is 1. The molecule has 1 unspecified atom stereocenters. The molecule has 0 radical (unpaired) electrons. The minimum absolute atomic E-state index is 0.0469. The van der Waals surface area contributed by atoms with Crippen molar-refractivity contribution in [3.8, 4) is 5.75 Å². The quantitative estimate of drug-likeness (QED) is 0.378. The second-order valence-electron chi connectivity index (χ2n) is 7.77. The fourth-order valence-corrected chi connectivity index (χ4v) is 3.65. The monoisotopic (exact) mass is 422 g/mol. The highest BCUT2D eigenvalue weighted by atomic mass is 19.1. The summed E-state index contributed by atoms with van der Waals surface area (Å²) >= 11 is 0. The van der Waals surface area contributed by atoms with Crippen LogP contribution in [0, 0.1) is 11.7 Å². The zero-order valence-corrected chi connectivity index (χ0v) is 17.7. The van der Waals surface area contributed by atoms with E-state index in [4.69, 9.17) is 10.5 Å². The molecule has 0 saturated carbocycles. The Morgan fingerprint density at radius 2 is 1.52 bits per heavy atom. The molecule has 1 atom stereocenters. The number of carbonyl (C=O) groups is 1. The molecule has 0 aliphatic rings. The number of ether oxygens (including phenoxy) is 1. The van der Waals surface area contributed by atoms with Crippen molar-refractivity contribution in [1.82, 2.24) is 4.90 Å². The fourth-order valence-electron chi connectivity index (χ4n) is 3.65. The van der Waals surface area contributed by atoms with Crippen LogP contribution >= 0.6 is 0 Å². The molecule has 3 rings (SSSR count). The Kier molecular flexibility index (Phi) is 6.92. The van der Waals surface area contributed by atoms with Crippen LogP contribution in [-0.4, -0.2) is 21.7 Å². The van der Waals surface area contributed by atoms with Gasteiger partial charge >= 0.3 is 5.97 Å². The number of nitrogens with two attached hydrogens (primary N) is 1. The van der Waals surface area contributed by atoms with Gasteiger partial charge in [-0.2, -0.15) is 0 Å². The first-order chi connectivity index (χ1) is 14.8. The van der Waals surface area contributed by atoms with E-state index < -0.39 is 23.4 Å². The Balaban J connectivity index is 2.10. The molecule has 162 valence electrons. The van der Waals surface area contributed by atoms with E-state index >= 15 is 0 Å². The largest absolute Gasteiger partial charge is 0.477 e. The summed E-state index contributed by atoms with van der Waals surface area (Å²) in [6, 6.07) is 22.9. The minimum Gasteiger partial charge on any atom is -0.477 e. The van der Waals surface area contributed by atoms with E-state index in [9.17, 15) is 14.3 Å². The topological polar surface area (TPSA) is 75.8 Å². The van der Waals surface area contributed by atoms with Gasteiger partial charge in [-0.3, -0.25) is 0 Å². The van der Waals surface area contributed by atoms with Gasteiger partial charge in [-0.1, -0.05) is 74.5 Å². The molecule has 0 heterocycles. The van der Waals surface area contributed by atoms with E-state index in [1.165, 1.54) is 12.1 Å². The van der Waals surface area contributed by atoms with E-state index in [0.717, 1.165) is 17.2 Å². The number of hydrogen-bond acceptors (Lipinski definition) is 4. The molecule has 3 N–H and O–H groups in total. The normalized spacial score (nSPS) is 13.2. The van der Waals surface area contributed by atoms with Crippen LogP contribution < -0.4 is 10.5 Å². The number of nitrogens with zero attached hydrogens (tertiary/aromatic N) is 1. The van der Waals surface area contributed by atoms with Crippen LogP contribution in [0.3, 0.4) is 0 Å². The molecule has 31 heavy (non-hydrogen) atoms. The first kappa shape index (κ1) is 22.3. The van der Waals surface area contributed by atoms with Crippen molar-refractivity contribution in [2.24, 2.45) is 5.92 Å². The lowest BCUT2D eigenvalue weighted by Crippen LogP contribution is -2.61. The molecule has 0 bridgehead atoms. The van der Waals surface area contributed by atoms with Crippen molar-refractivity contribution < 1.29 is 19.0 Å². The molecule has 0 aliphatic heterocycles. The van der Waals surface area contributed by atoms with Gasteiger partial charge in [-0.15, -0.1) is 0 Å². The van der Waals surface area contributed by atoms with E-state index in [1.54, 1.807) is 18.7 Å². The Morgan fingerprint density at radius 1 is 1.00 bits per heavy atom. The van der Waals surface area contributed by atoms with E-state index in [-0.39, 0.29) is 11.4 Å². The van der Waals surface area contributed by atoms with Crippen LogP contribution in [0.25, 0.3) is 0 Å². The third-order valence-corrected chi connectivity index (χ3v) is 5.23. The highest BCUT2D eigenvalue weighted by Crippen LogP contribution is 2.35. The number of carboxylic acid groups (broad SMARTS) is 1. The molecule has 0 aromatic heterocycles. The number of benzene rings is 3. The van der Waals surface area contributed by atoms with Gasteiger partial charge in [-0.25, -0.2) is 14.1 Å². The summed E-state index contributed by atoms with van der Waals surface area (Å²) in [5.41, 5.74) is 6.16. The first-order valence-electron chi connectivity index (χ1n) is 10.1. The predicted octanol–water partition coefficient (Wildman–Crippen LogP) is 4.93. The summed E-state index contributed by atoms with van der Waals surface area (Å²) in [4.78, 5) is 14.6. The Hall–Kier alpha value is -3.38. The SMILES string of the molecule is CC(C)C(Oc1ccc(F)cc1N)(C(=O)O)N(Cc1ccccc1)Cc1ccccc1. The van der Waals surface area contributed by atoms with Gasteiger partial charge in [0.05, 0.1) is 5.69 Å². The number of carboxylic acids is 1. The predicted molar refractivity (Wildman–Crippen MR) is 119 cm³/mol. The van der Waals surface area contributed by atoms with Crippen molar-refractivity contribution in [3.63, 3.8) is 0 Å². The van der Waals surface area contributed by atoms with Gasteiger partial charge < -0.3 is 15.6 Å². The summed E-state index contributed by atoms with van der Waals surface area (Å²) in [6.07, 6.45) is 0. The zero-order valence-electron chi connectivity index (χ0n) is 17.7. The highest BCUT2D eigenvalue weighted by Gasteiger charge is 2.50. The molecular formula is C25H27FN2O3. The van der Waals surface area contributed by atoms with E-state index in [2.05, 4.69) is 0 Å². The summed E-state index contributed by atoms with van der Waals surface area (Å²) in [5, 5.41) is 10.4. The second-order valence-corrected chi connectivity index (χ2v) is 7.77. The van der Waals surface area contributed by atoms with Gasteiger partial charge in [0, 0.05) is 25.1 Å². The standard InChI is InChI=1S/C25H27FN2O3/c1-18(2)25(24(29)30,31-23-14-13-21(26)15-22(23)27)28(16-19-9-5-3-6-10-19)17-20-11-7-4-8-12-20/h3-15,18H,16-17,27H2,1-2H3,(H,29,30). The van der Waals surface area contributed by atoms with Crippen LogP contribution in [0.5, 0.6) is 5.75 Å². The fraction of sp³-hybridized carbons (Fsp3) is 0.240. The van der Waals surface area contributed by atoms with Crippen molar-refractivity contribution in [3.05, 3.63) is 95.8 Å². The number of rotatable bonds is 9. The van der Waals surface area contributed by atoms with Crippen LogP contribution in [0.1, 0.15) is 25.0 Å². The van der Waals surface area contributed by atoms with E-state index in [0.29, 0.717) is 13.1 Å². The maximum absolute atomic E-state index is 13.6. The van der Waals surface area contributed by atoms with Crippen molar-refractivity contribution in [2.45, 2.75) is 32.7 Å². The van der Waals surface area contributed by atoms with Crippen LogP contribution in [0.4, 0.5) is 10.1 Å². The average molecular weight is 423 g/mol. The summed E-state index contributed by atoms with van der Waals surface area (Å²) in [7, 11) is 0. The van der Waals surface area contributed by atoms with E-state index in [1.807, 2.05) is 60.7 Å². The molecule has 0 saturated heterocycles.